The van der Waals surface area contributed by atoms with Crippen LogP contribution in [0, 0.1) is 0 Å². The summed E-state index contributed by atoms with van der Waals surface area (Å²) in [5.41, 5.74) is 6.93. The van der Waals surface area contributed by atoms with Crippen LogP contribution in [0.25, 0.3) is 0 Å². The molecule has 4 heteroatoms. The molecule has 0 radical (unpaired) electrons. The van der Waals surface area contributed by atoms with Crippen LogP contribution >= 0.6 is 0 Å². The maximum atomic E-state index is 11.7. The van der Waals surface area contributed by atoms with E-state index < -0.39 is 0 Å². The molecule has 0 spiro atoms. The smallest absolute Gasteiger partial charge is 0.152 e. The number of ketones is 1. The van der Waals surface area contributed by atoms with Crippen molar-refractivity contribution in [2.45, 2.75) is 52.6 Å². The topological polar surface area (TPSA) is 58.7 Å². The van der Waals surface area contributed by atoms with Gasteiger partial charge in [-0.25, -0.2) is 0 Å². The highest BCUT2D eigenvalue weighted by Crippen LogP contribution is 2.20. The van der Waals surface area contributed by atoms with Gasteiger partial charge in [0.15, 0.2) is 5.78 Å². The Morgan fingerprint density at radius 1 is 1.69 bits per heavy atom. The molecule has 2 N–H and O–H groups in total. The zero-order valence-electron chi connectivity index (χ0n) is 10.5. The fraction of sp³-hybridized carbons (Fsp3) is 0.667. The molecule has 1 rings (SSSR count). The highest BCUT2D eigenvalue weighted by molar-refractivity contribution is 5.90. The lowest BCUT2D eigenvalue weighted by molar-refractivity contribution is -0.122. The van der Waals surface area contributed by atoms with Gasteiger partial charge in [-0.05, 0) is 27.2 Å². The average molecular weight is 223 g/mol. The summed E-state index contributed by atoms with van der Waals surface area (Å²) in [6, 6.07) is -0.0212. The Kier molecular flexibility index (Phi) is 4.10. The van der Waals surface area contributed by atoms with Crippen molar-refractivity contribution >= 4 is 11.5 Å². The van der Waals surface area contributed by atoms with E-state index in [0.717, 1.165) is 18.6 Å². The molecule has 1 heterocycles. The van der Waals surface area contributed by atoms with Crippen LogP contribution in [0.5, 0.6) is 0 Å². The largest absolute Gasteiger partial charge is 0.384 e. The van der Waals surface area contributed by atoms with E-state index in [9.17, 15) is 4.79 Å². The normalized spacial score (nSPS) is 22.5. The van der Waals surface area contributed by atoms with Crippen LogP contribution in [0.3, 0.4) is 0 Å². The van der Waals surface area contributed by atoms with Crippen LogP contribution in [0.15, 0.2) is 17.0 Å². The molecule has 16 heavy (non-hydrogen) atoms. The van der Waals surface area contributed by atoms with Crippen LogP contribution in [-0.4, -0.2) is 28.5 Å². The SMILES string of the molecule is CCCC(C(C)=O)N1C(N)=CN=C(C)C1C. The summed E-state index contributed by atoms with van der Waals surface area (Å²) in [4.78, 5) is 17.9. The quantitative estimate of drug-likeness (QED) is 0.788. The van der Waals surface area contributed by atoms with E-state index in [1.807, 2.05) is 18.7 Å². The van der Waals surface area contributed by atoms with Crippen LogP contribution in [0.1, 0.15) is 40.5 Å². The maximum Gasteiger partial charge on any atom is 0.152 e. The third-order valence-electron chi connectivity index (χ3n) is 3.09. The number of carbonyl (C=O) groups excluding carboxylic acids is 1. The summed E-state index contributed by atoms with van der Waals surface area (Å²) < 4.78 is 0. The zero-order valence-corrected chi connectivity index (χ0v) is 10.5. The second kappa shape index (κ2) is 5.14. The van der Waals surface area contributed by atoms with Crippen molar-refractivity contribution in [1.82, 2.24) is 4.90 Å². The Morgan fingerprint density at radius 2 is 2.31 bits per heavy atom. The number of nitrogens with two attached hydrogens (primary N) is 1. The first-order valence-corrected chi connectivity index (χ1v) is 5.77. The van der Waals surface area contributed by atoms with Crippen LogP contribution < -0.4 is 5.73 Å². The van der Waals surface area contributed by atoms with Crippen LogP contribution in [-0.2, 0) is 4.79 Å². The predicted molar refractivity (Wildman–Crippen MR) is 66.1 cm³/mol. The second-order valence-electron chi connectivity index (χ2n) is 4.32. The molecule has 1 aliphatic rings. The Bertz CT molecular complexity index is 333. The lowest BCUT2D eigenvalue weighted by Crippen LogP contribution is -2.50. The lowest BCUT2D eigenvalue weighted by Gasteiger charge is -2.38. The predicted octanol–water partition coefficient (Wildman–Crippen LogP) is 1.67. The first kappa shape index (κ1) is 12.7. The second-order valence-corrected chi connectivity index (χ2v) is 4.32. The minimum absolute atomic E-state index is 0.102. The highest BCUT2D eigenvalue weighted by atomic mass is 16.1. The van der Waals surface area contributed by atoms with Gasteiger partial charge in [-0.2, -0.15) is 0 Å². The molecular weight excluding hydrogens is 202 g/mol. The molecular formula is C12H21N3O. The van der Waals surface area contributed by atoms with Crippen LogP contribution in [0.4, 0.5) is 0 Å². The molecule has 0 fully saturated rings. The van der Waals surface area contributed by atoms with Gasteiger partial charge in [-0.1, -0.05) is 13.3 Å². The van der Waals surface area contributed by atoms with E-state index in [0.29, 0.717) is 5.82 Å². The van der Waals surface area contributed by atoms with Gasteiger partial charge in [0.2, 0.25) is 0 Å². The van der Waals surface area contributed by atoms with Crippen molar-refractivity contribution in [3.05, 3.63) is 12.0 Å². The number of hydrogen-bond donors (Lipinski definition) is 1. The lowest BCUT2D eigenvalue weighted by atomic mass is 10.0. The first-order valence-electron chi connectivity index (χ1n) is 5.77. The number of hydrogen-bond acceptors (Lipinski definition) is 4. The summed E-state index contributed by atoms with van der Waals surface area (Å²) in [6.45, 7) is 7.70. The maximum absolute atomic E-state index is 11.7. The van der Waals surface area contributed by atoms with Crippen molar-refractivity contribution in [1.29, 1.82) is 0 Å². The van der Waals surface area contributed by atoms with Gasteiger partial charge < -0.3 is 10.6 Å². The van der Waals surface area contributed by atoms with E-state index in [-0.39, 0.29) is 17.9 Å². The van der Waals surface area contributed by atoms with Crippen molar-refractivity contribution in [2.24, 2.45) is 10.7 Å². The minimum Gasteiger partial charge on any atom is -0.384 e. The fourth-order valence-electron chi connectivity index (χ4n) is 2.03. The number of rotatable bonds is 4. The van der Waals surface area contributed by atoms with Crippen molar-refractivity contribution < 1.29 is 4.79 Å². The van der Waals surface area contributed by atoms with E-state index in [4.69, 9.17) is 5.73 Å². The summed E-state index contributed by atoms with van der Waals surface area (Å²) >= 11 is 0. The number of carbonyl (C=O) groups is 1. The van der Waals surface area contributed by atoms with E-state index in [1.54, 1.807) is 13.1 Å². The molecule has 0 amide bonds. The van der Waals surface area contributed by atoms with E-state index in [1.165, 1.54) is 0 Å². The fourth-order valence-corrected chi connectivity index (χ4v) is 2.03. The summed E-state index contributed by atoms with van der Waals surface area (Å²) in [5, 5.41) is 0. The highest BCUT2D eigenvalue weighted by Gasteiger charge is 2.30. The van der Waals surface area contributed by atoms with Gasteiger partial charge in [0.25, 0.3) is 0 Å². The number of aliphatic imine (C=N–C) groups is 1. The molecule has 0 aliphatic carbocycles. The molecule has 0 aromatic heterocycles. The van der Waals surface area contributed by atoms with Crippen molar-refractivity contribution in [2.75, 3.05) is 0 Å². The van der Waals surface area contributed by atoms with Gasteiger partial charge in [-0.3, -0.25) is 9.79 Å². The van der Waals surface area contributed by atoms with E-state index >= 15 is 0 Å². The molecule has 4 nitrogen and oxygen atoms in total. The summed E-state index contributed by atoms with van der Waals surface area (Å²) in [7, 11) is 0. The van der Waals surface area contributed by atoms with Gasteiger partial charge in [0.05, 0.1) is 18.3 Å². The Morgan fingerprint density at radius 3 is 2.81 bits per heavy atom. The standard InChI is InChI=1S/C12H21N3O/c1-5-6-11(10(4)16)15-9(3)8(2)14-7-12(15)13/h7,9,11H,5-6,13H2,1-4H3. The van der Waals surface area contributed by atoms with Gasteiger partial charge in [0.1, 0.15) is 5.82 Å². The molecule has 0 aromatic carbocycles. The van der Waals surface area contributed by atoms with Gasteiger partial charge in [0, 0.05) is 5.71 Å². The third-order valence-corrected chi connectivity index (χ3v) is 3.09. The summed E-state index contributed by atoms with van der Waals surface area (Å²) in [5.74, 6) is 0.756. The number of nitrogens with zero attached hydrogens (tertiary/aromatic N) is 2. The molecule has 0 saturated heterocycles. The zero-order chi connectivity index (χ0) is 12.3. The Hall–Kier alpha value is -1.32. The Balaban J connectivity index is 2.96. The van der Waals surface area contributed by atoms with Crippen LogP contribution in [0.2, 0.25) is 0 Å². The molecule has 2 atom stereocenters. The number of Topliss-reactive ketones (excluding diaryl/α,β-unsaturated/α-hetero) is 1. The molecule has 2 unspecified atom stereocenters. The van der Waals surface area contributed by atoms with E-state index in [2.05, 4.69) is 11.9 Å². The molecule has 0 aromatic rings. The third kappa shape index (κ3) is 2.43. The van der Waals surface area contributed by atoms with Gasteiger partial charge >= 0.3 is 0 Å². The molecule has 90 valence electrons. The monoisotopic (exact) mass is 223 g/mol. The Labute approximate surface area is 97.2 Å². The molecule has 0 bridgehead atoms. The van der Waals surface area contributed by atoms with Gasteiger partial charge in [-0.15, -0.1) is 0 Å². The molecule has 0 saturated carbocycles. The van der Waals surface area contributed by atoms with Crippen molar-refractivity contribution in [3.63, 3.8) is 0 Å². The minimum atomic E-state index is -0.123. The summed E-state index contributed by atoms with van der Waals surface area (Å²) in [6.07, 6.45) is 3.44. The van der Waals surface area contributed by atoms with Crippen molar-refractivity contribution in [3.8, 4) is 0 Å². The average Bonchev–Trinajstić information content (AvgIpc) is 2.22. The molecule has 1 aliphatic heterocycles. The first-order chi connectivity index (χ1) is 7.49.